The average Bonchev–Trinajstić information content (AvgIpc) is 3.04. The lowest BCUT2D eigenvalue weighted by atomic mass is 10.2. The SMILES string of the molecule is CC1Cc2nc(SCCC3OCCO3)n(C)c(=O)c2S1. The Balaban J connectivity index is 1.69. The molecule has 0 spiro atoms. The van der Waals surface area contributed by atoms with Crippen LogP contribution in [0.5, 0.6) is 0 Å². The molecule has 7 heteroatoms. The van der Waals surface area contributed by atoms with Gasteiger partial charge in [0.25, 0.3) is 5.56 Å². The van der Waals surface area contributed by atoms with Crippen molar-refractivity contribution in [2.45, 2.75) is 41.4 Å². The molecule has 1 unspecified atom stereocenters. The molecule has 1 fully saturated rings. The lowest BCUT2D eigenvalue weighted by Crippen LogP contribution is -2.22. The lowest BCUT2D eigenvalue weighted by molar-refractivity contribution is -0.0421. The minimum absolute atomic E-state index is 0.0835. The second-order valence-corrected chi connectivity index (χ2v) is 7.49. The third-order valence-corrected chi connectivity index (χ3v) is 5.63. The summed E-state index contributed by atoms with van der Waals surface area (Å²) in [6.07, 6.45) is 1.62. The van der Waals surface area contributed by atoms with Crippen molar-refractivity contribution in [3.63, 3.8) is 0 Å². The van der Waals surface area contributed by atoms with E-state index in [1.165, 1.54) is 0 Å². The molecule has 20 heavy (non-hydrogen) atoms. The number of ether oxygens (including phenoxy) is 2. The topological polar surface area (TPSA) is 53.4 Å². The maximum atomic E-state index is 12.3. The molecule has 1 aromatic rings. The number of thioether (sulfide) groups is 2. The molecule has 0 bridgehead atoms. The maximum absolute atomic E-state index is 12.3. The van der Waals surface area contributed by atoms with Gasteiger partial charge < -0.3 is 9.47 Å². The Morgan fingerprint density at radius 2 is 2.20 bits per heavy atom. The van der Waals surface area contributed by atoms with Crippen molar-refractivity contribution in [2.24, 2.45) is 7.05 Å². The van der Waals surface area contributed by atoms with Crippen molar-refractivity contribution in [2.75, 3.05) is 19.0 Å². The first-order valence-electron chi connectivity index (χ1n) is 6.77. The first kappa shape index (κ1) is 14.4. The first-order valence-corrected chi connectivity index (χ1v) is 8.64. The zero-order valence-corrected chi connectivity index (χ0v) is 13.3. The number of hydrogen-bond acceptors (Lipinski definition) is 6. The Morgan fingerprint density at radius 1 is 1.45 bits per heavy atom. The second-order valence-electron chi connectivity index (χ2n) is 4.98. The summed E-state index contributed by atoms with van der Waals surface area (Å²) in [5.41, 5.74) is 1.04. The Morgan fingerprint density at radius 3 is 2.95 bits per heavy atom. The van der Waals surface area contributed by atoms with E-state index in [4.69, 9.17) is 9.47 Å². The molecule has 0 saturated carbocycles. The van der Waals surface area contributed by atoms with Crippen LogP contribution in [0.2, 0.25) is 0 Å². The van der Waals surface area contributed by atoms with E-state index >= 15 is 0 Å². The molecule has 3 rings (SSSR count). The van der Waals surface area contributed by atoms with Crippen LogP contribution >= 0.6 is 23.5 Å². The van der Waals surface area contributed by atoms with Crippen LogP contribution in [-0.2, 0) is 22.9 Å². The summed E-state index contributed by atoms with van der Waals surface area (Å²) in [5.74, 6) is 0.840. The van der Waals surface area contributed by atoms with Crippen molar-refractivity contribution in [1.82, 2.24) is 9.55 Å². The zero-order valence-electron chi connectivity index (χ0n) is 11.6. The predicted molar refractivity (Wildman–Crippen MR) is 79.5 cm³/mol. The summed E-state index contributed by atoms with van der Waals surface area (Å²) in [5, 5.41) is 1.24. The van der Waals surface area contributed by atoms with Gasteiger partial charge in [0.05, 0.1) is 23.8 Å². The van der Waals surface area contributed by atoms with Gasteiger partial charge in [-0.25, -0.2) is 4.98 Å². The molecule has 3 heterocycles. The Hall–Kier alpha value is -0.500. The third kappa shape index (κ3) is 2.90. The molecule has 0 amide bonds. The number of rotatable bonds is 4. The quantitative estimate of drug-likeness (QED) is 0.622. The lowest BCUT2D eigenvalue weighted by Gasteiger charge is -2.11. The van der Waals surface area contributed by atoms with Crippen LogP contribution in [-0.4, -0.2) is 40.1 Å². The van der Waals surface area contributed by atoms with E-state index in [0.717, 1.165) is 34.3 Å². The Labute approximate surface area is 126 Å². The summed E-state index contributed by atoms with van der Waals surface area (Å²) in [4.78, 5) is 17.8. The molecule has 110 valence electrons. The minimum atomic E-state index is -0.0930. The second kappa shape index (κ2) is 6.09. The van der Waals surface area contributed by atoms with Crippen molar-refractivity contribution in [1.29, 1.82) is 0 Å². The normalized spacial score (nSPS) is 22.4. The summed E-state index contributed by atoms with van der Waals surface area (Å²) in [7, 11) is 1.80. The van der Waals surface area contributed by atoms with Crippen LogP contribution < -0.4 is 5.56 Å². The zero-order chi connectivity index (χ0) is 14.1. The minimum Gasteiger partial charge on any atom is -0.350 e. The smallest absolute Gasteiger partial charge is 0.267 e. The van der Waals surface area contributed by atoms with E-state index in [1.807, 2.05) is 0 Å². The standard InChI is InChI=1S/C13H18N2O3S2/c1-8-7-9-11(20-8)12(16)15(2)13(14-9)19-6-3-10-17-4-5-18-10/h8,10H,3-7H2,1-2H3. The van der Waals surface area contributed by atoms with Crippen LogP contribution in [0.3, 0.4) is 0 Å². The summed E-state index contributed by atoms with van der Waals surface area (Å²) >= 11 is 3.24. The highest BCUT2D eigenvalue weighted by molar-refractivity contribution is 8.00. The fourth-order valence-corrected chi connectivity index (χ4v) is 4.42. The molecule has 0 N–H and O–H groups in total. The van der Waals surface area contributed by atoms with Crippen LogP contribution in [0.25, 0.3) is 0 Å². The molecule has 0 aromatic carbocycles. The maximum Gasteiger partial charge on any atom is 0.267 e. The average molecular weight is 314 g/mol. The number of hydrogen-bond donors (Lipinski definition) is 0. The van der Waals surface area contributed by atoms with Crippen molar-refractivity contribution in [3.8, 4) is 0 Å². The largest absolute Gasteiger partial charge is 0.350 e. The molecule has 0 radical (unpaired) electrons. The van der Waals surface area contributed by atoms with Gasteiger partial charge in [0.2, 0.25) is 0 Å². The van der Waals surface area contributed by atoms with Crippen molar-refractivity contribution >= 4 is 23.5 Å². The van der Waals surface area contributed by atoms with Crippen LogP contribution in [0.15, 0.2) is 14.8 Å². The molecule has 5 nitrogen and oxygen atoms in total. The van der Waals surface area contributed by atoms with Gasteiger partial charge in [0.15, 0.2) is 11.4 Å². The fourth-order valence-electron chi connectivity index (χ4n) is 2.33. The Bertz CT molecular complexity index is 555. The highest BCUT2D eigenvalue weighted by Gasteiger charge is 2.25. The molecular weight excluding hydrogens is 296 g/mol. The third-order valence-electron chi connectivity index (χ3n) is 3.35. The molecule has 1 aromatic heterocycles. The predicted octanol–water partition coefficient (Wildman–Crippen LogP) is 1.67. The first-order chi connectivity index (χ1) is 9.65. The number of aromatic nitrogens is 2. The van der Waals surface area contributed by atoms with Crippen molar-refractivity contribution < 1.29 is 9.47 Å². The molecule has 1 atom stereocenters. The van der Waals surface area contributed by atoms with Gasteiger partial charge in [-0.3, -0.25) is 9.36 Å². The van der Waals surface area contributed by atoms with Gasteiger partial charge >= 0.3 is 0 Å². The van der Waals surface area contributed by atoms with Gasteiger partial charge in [0.1, 0.15) is 0 Å². The van der Waals surface area contributed by atoms with Gasteiger partial charge in [-0.15, -0.1) is 11.8 Å². The summed E-state index contributed by atoms with van der Waals surface area (Å²) in [6, 6.07) is 0. The number of nitrogens with zero attached hydrogens (tertiary/aromatic N) is 2. The molecule has 2 aliphatic rings. The van der Waals surface area contributed by atoms with Crippen molar-refractivity contribution in [3.05, 3.63) is 16.0 Å². The summed E-state index contributed by atoms with van der Waals surface area (Å²) in [6.45, 7) is 3.49. The summed E-state index contributed by atoms with van der Waals surface area (Å²) < 4.78 is 12.5. The van der Waals surface area contributed by atoms with E-state index < -0.39 is 0 Å². The van der Waals surface area contributed by atoms with Crippen LogP contribution in [0, 0.1) is 0 Å². The monoisotopic (exact) mass is 314 g/mol. The van der Waals surface area contributed by atoms with E-state index in [2.05, 4.69) is 11.9 Å². The van der Waals surface area contributed by atoms with E-state index in [0.29, 0.717) is 18.5 Å². The highest BCUT2D eigenvalue weighted by atomic mass is 32.2. The van der Waals surface area contributed by atoms with Gasteiger partial charge in [-0.2, -0.15) is 0 Å². The van der Waals surface area contributed by atoms with E-state index in [-0.39, 0.29) is 11.8 Å². The van der Waals surface area contributed by atoms with E-state index in [9.17, 15) is 4.79 Å². The molecule has 0 aliphatic carbocycles. The molecule has 1 saturated heterocycles. The van der Waals surface area contributed by atoms with Crippen LogP contribution in [0.1, 0.15) is 19.0 Å². The van der Waals surface area contributed by atoms with Gasteiger partial charge in [-0.05, 0) is 0 Å². The number of fused-ring (bicyclic) bond motifs is 1. The Kier molecular flexibility index (Phi) is 4.40. The van der Waals surface area contributed by atoms with E-state index in [1.54, 1.807) is 35.1 Å². The fraction of sp³-hybridized carbons (Fsp3) is 0.692. The highest BCUT2D eigenvalue weighted by Crippen LogP contribution is 2.34. The van der Waals surface area contributed by atoms with Crippen LogP contribution in [0.4, 0.5) is 0 Å². The molecular formula is C13H18N2O3S2. The van der Waals surface area contributed by atoms with Gasteiger partial charge in [-0.1, -0.05) is 18.7 Å². The molecule has 2 aliphatic heterocycles. The van der Waals surface area contributed by atoms with Gasteiger partial charge in [0, 0.05) is 30.9 Å².